The summed E-state index contributed by atoms with van der Waals surface area (Å²) >= 11 is 5.91. The molecule has 3 aromatic carbocycles. The fourth-order valence-electron chi connectivity index (χ4n) is 2.65. The lowest BCUT2D eigenvalue weighted by atomic mass is 10.1. The summed E-state index contributed by atoms with van der Waals surface area (Å²) in [5.41, 5.74) is 1.80. The molecule has 0 unspecified atom stereocenters. The molecule has 0 heterocycles. The summed E-state index contributed by atoms with van der Waals surface area (Å²) in [5, 5.41) is 23.2. The highest BCUT2D eigenvalue weighted by atomic mass is 35.5. The number of nitrogens with zero attached hydrogens (tertiary/aromatic N) is 2. The molecular formula is C23H16ClN3O4. The first kappa shape index (κ1) is 21.6. The van der Waals surface area contributed by atoms with Crippen LogP contribution in [0.1, 0.15) is 11.1 Å². The topological polar surface area (TPSA) is 105 Å². The first-order valence-electron chi connectivity index (χ1n) is 9.09. The predicted octanol–water partition coefficient (Wildman–Crippen LogP) is 5.37. The van der Waals surface area contributed by atoms with Gasteiger partial charge in [0, 0.05) is 22.8 Å². The summed E-state index contributed by atoms with van der Waals surface area (Å²) in [4.78, 5) is 22.7. The zero-order valence-electron chi connectivity index (χ0n) is 16.1. The Labute approximate surface area is 183 Å². The van der Waals surface area contributed by atoms with Crippen LogP contribution in [0.3, 0.4) is 0 Å². The molecule has 0 aromatic heterocycles. The Kier molecular flexibility index (Phi) is 6.99. The summed E-state index contributed by atoms with van der Waals surface area (Å²) in [6, 6.07) is 21.5. The van der Waals surface area contributed by atoms with Crippen LogP contribution in [0.4, 0.5) is 11.4 Å². The van der Waals surface area contributed by atoms with Crippen molar-refractivity contribution in [2.24, 2.45) is 0 Å². The van der Waals surface area contributed by atoms with E-state index in [-0.39, 0.29) is 17.9 Å². The largest absolute Gasteiger partial charge is 0.489 e. The summed E-state index contributed by atoms with van der Waals surface area (Å²) in [6.45, 7) is 0.214. The average molecular weight is 434 g/mol. The van der Waals surface area contributed by atoms with Gasteiger partial charge in [-0.1, -0.05) is 29.8 Å². The monoisotopic (exact) mass is 433 g/mol. The van der Waals surface area contributed by atoms with Crippen molar-refractivity contribution in [2.75, 3.05) is 5.32 Å². The highest BCUT2D eigenvalue weighted by Gasteiger charge is 2.10. The number of nitriles is 1. The fraction of sp³-hybridized carbons (Fsp3) is 0.0435. The standard InChI is InChI=1S/C23H16ClN3O4/c24-19-4-2-5-20(13-19)26-23(28)18(14-25)11-17-3-1-6-22(12-17)31-15-16-7-9-21(10-8-16)27(29)30/h1-13H,15H2,(H,26,28)/b18-11-. The summed E-state index contributed by atoms with van der Waals surface area (Å²) in [6.07, 6.45) is 1.46. The second-order valence-corrected chi connectivity index (χ2v) is 6.86. The number of benzene rings is 3. The summed E-state index contributed by atoms with van der Waals surface area (Å²) < 4.78 is 5.72. The number of anilines is 1. The number of hydrogen-bond donors (Lipinski definition) is 1. The van der Waals surface area contributed by atoms with Crippen LogP contribution in [-0.4, -0.2) is 10.8 Å². The van der Waals surface area contributed by atoms with Crippen molar-refractivity contribution in [1.29, 1.82) is 5.26 Å². The van der Waals surface area contributed by atoms with Crippen molar-refractivity contribution in [2.45, 2.75) is 6.61 Å². The minimum absolute atomic E-state index is 0.0102. The van der Waals surface area contributed by atoms with Crippen LogP contribution in [0.25, 0.3) is 6.08 Å². The van der Waals surface area contributed by atoms with Crippen molar-refractivity contribution in [3.05, 3.63) is 105 Å². The molecule has 1 amide bonds. The molecule has 3 rings (SSSR count). The highest BCUT2D eigenvalue weighted by Crippen LogP contribution is 2.20. The number of hydrogen-bond acceptors (Lipinski definition) is 5. The SMILES string of the molecule is N#C/C(=C/c1cccc(OCc2ccc([N+](=O)[O-])cc2)c1)C(=O)Nc1cccc(Cl)c1. The van der Waals surface area contributed by atoms with Gasteiger partial charge in [0.25, 0.3) is 11.6 Å². The number of ether oxygens (including phenoxy) is 1. The Morgan fingerprint density at radius 1 is 1.13 bits per heavy atom. The second kappa shape index (κ2) is 10.1. The van der Waals surface area contributed by atoms with Crippen molar-refractivity contribution in [1.82, 2.24) is 0 Å². The zero-order chi connectivity index (χ0) is 22.2. The number of non-ortho nitro benzene ring substituents is 1. The zero-order valence-corrected chi connectivity index (χ0v) is 16.9. The maximum atomic E-state index is 12.4. The number of nitro benzene ring substituents is 1. The Balaban J connectivity index is 1.68. The van der Waals surface area contributed by atoms with Gasteiger partial charge in [-0.3, -0.25) is 14.9 Å². The molecule has 0 atom stereocenters. The van der Waals surface area contributed by atoms with Gasteiger partial charge in [0.1, 0.15) is 24.0 Å². The first-order valence-corrected chi connectivity index (χ1v) is 9.47. The Bertz CT molecular complexity index is 1180. The third-order valence-electron chi connectivity index (χ3n) is 4.17. The van der Waals surface area contributed by atoms with Gasteiger partial charge in [-0.15, -0.1) is 0 Å². The van der Waals surface area contributed by atoms with Crippen LogP contribution in [0.15, 0.2) is 78.4 Å². The molecule has 0 saturated carbocycles. The number of amides is 1. The van der Waals surface area contributed by atoms with Gasteiger partial charge < -0.3 is 10.1 Å². The van der Waals surface area contributed by atoms with Gasteiger partial charge in [0.05, 0.1) is 4.92 Å². The van der Waals surface area contributed by atoms with Gasteiger partial charge in [-0.05, 0) is 59.7 Å². The van der Waals surface area contributed by atoms with Crippen LogP contribution >= 0.6 is 11.6 Å². The Morgan fingerprint density at radius 2 is 1.87 bits per heavy atom. The van der Waals surface area contributed by atoms with Crippen molar-refractivity contribution >= 4 is 35.0 Å². The lowest BCUT2D eigenvalue weighted by Gasteiger charge is -2.08. The molecule has 0 aliphatic rings. The predicted molar refractivity (Wildman–Crippen MR) is 118 cm³/mol. The molecule has 3 aromatic rings. The summed E-state index contributed by atoms with van der Waals surface area (Å²) in [7, 11) is 0. The molecule has 8 heteroatoms. The van der Waals surface area contributed by atoms with E-state index >= 15 is 0 Å². The quantitative estimate of drug-likeness (QED) is 0.233. The molecule has 0 aliphatic heterocycles. The molecule has 0 fully saturated rings. The lowest BCUT2D eigenvalue weighted by Crippen LogP contribution is -2.13. The van der Waals surface area contributed by atoms with Crippen molar-refractivity contribution in [3.8, 4) is 11.8 Å². The molecule has 7 nitrogen and oxygen atoms in total. The van der Waals surface area contributed by atoms with Gasteiger partial charge >= 0.3 is 0 Å². The van der Waals surface area contributed by atoms with E-state index in [4.69, 9.17) is 16.3 Å². The van der Waals surface area contributed by atoms with Gasteiger partial charge in [-0.25, -0.2) is 0 Å². The van der Waals surface area contributed by atoms with E-state index in [0.29, 0.717) is 22.0 Å². The van der Waals surface area contributed by atoms with Crippen molar-refractivity contribution in [3.63, 3.8) is 0 Å². The van der Waals surface area contributed by atoms with Crippen LogP contribution in [0.5, 0.6) is 5.75 Å². The smallest absolute Gasteiger partial charge is 0.269 e. The van der Waals surface area contributed by atoms with Crippen LogP contribution in [0, 0.1) is 21.4 Å². The van der Waals surface area contributed by atoms with E-state index < -0.39 is 10.8 Å². The molecule has 154 valence electrons. The molecule has 0 bridgehead atoms. The maximum absolute atomic E-state index is 12.4. The van der Waals surface area contributed by atoms with E-state index in [1.807, 2.05) is 6.07 Å². The Hall–Kier alpha value is -4.15. The molecule has 0 saturated heterocycles. The fourth-order valence-corrected chi connectivity index (χ4v) is 2.84. The van der Waals surface area contributed by atoms with E-state index in [2.05, 4.69) is 5.32 Å². The third-order valence-corrected chi connectivity index (χ3v) is 4.40. The first-order chi connectivity index (χ1) is 14.9. The number of carbonyl (C=O) groups is 1. The third kappa shape index (κ3) is 6.16. The number of carbonyl (C=O) groups excluding carboxylic acids is 1. The average Bonchev–Trinajstić information content (AvgIpc) is 2.76. The molecule has 0 aliphatic carbocycles. The second-order valence-electron chi connectivity index (χ2n) is 6.42. The molecule has 1 N–H and O–H groups in total. The number of rotatable bonds is 7. The Morgan fingerprint density at radius 3 is 2.55 bits per heavy atom. The van der Waals surface area contributed by atoms with Gasteiger partial charge in [0.2, 0.25) is 0 Å². The van der Waals surface area contributed by atoms with Crippen molar-refractivity contribution < 1.29 is 14.5 Å². The minimum atomic E-state index is -0.554. The molecule has 0 radical (unpaired) electrons. The van der Waals surface area contributed by atoms with E-state index in [1.54, 1.807) is 60.7 Å². The van der Waals surface area contributed by atoms with Gasteiger partial charge in [0.15, 0.2) is 0 Å². The summed E-state index contributed by atoms with van der Waals surface area (Å²) in [5.74, 6) is -0.0263. The van der Waals surface area contributed by atoms with Crippen LogP contribution in [0.2, 0.25) is 5.02 Å². The highest BCUT2D eigenvalue weighted by molar-refractivity contribution is 6.31. The molecule has 31 heavy (non-hydrogen) atoms. The maximum Gasteiger partial charge on any atom is 0.269 e. The molecular weight excluding hydrogens is 418 g/mol. The normalized spacial score (nSPS) is 10.8. The van der Waals surface area contributed by atoms with E-state index in [0.717, 1.165) is 5.56 Å². The van der Waals surface area contributed by atoms with E-state index in [1.165, 1.54) is 18.2 Å². The minimum Gasteiger partial charge on any atom is -0.489 e. The van der Waals surface area contributed by atoms with Crippen LogP contribution < -0.4 is 10.1 Å². The van der Waals surface area contributed by atoms with Crippen LogP contribution in [-0.2, 0) is 11.4 Å². The van der Waals surface area contributed by atoms with Gasteiger partial charge in [-0.2, -0.15) is 5.26 Å². The number of halogens is 1. The number of nitro groups is 1. The molecule has 0 spiro atoms. The number of nitrogens with one attached hydrogen (secondary N) is 1. The van der Waals surface area contributed by atoms with E-state index in [9.17, 15) is 20.2 Å². The lowest BCUT2D eigenvalue weighted by molar-refractivity contribution is -0.384.